The van der Waals surface area contributed by atoms with Crippen molar-refractivity contribution in [2.75, 3.05) is 18.1 Å². The third-order valence-electron chi connectivity index (χ3n) is 3.29. The Morgan fingerprint density at radius 2 is 2.10 bits per heavy atom. The van der Waals surface area contributed by atoms with Crippen LogP contribution in [0.1, 0.15) is 26.2 Å². The van der Waals surface area contributed by atoms with E-state index in [-0.39, 0.29) is 24.7 Å². The van der Waals surface area contributed by atoms with Crippen molar-refractivity contribution in [3.63, 3.8) is 0 Å². The minimum Gasteiger partial charge on any atom is -0.491 e. The molecular weight excluding hydrogens is 258 g/mol. The minimum atomic E-state index is -0.870. The number of amides is 1. The lowest BCUT2D eigenvalue weighted by Gasteiger charge is -2.23. The molecule has 1 aliphatic heterocycles. The van der Waals surface area contributed by atoms with E-state index >= 15 is 0 Å². The minimum absolute atomic E-state index is 0.0116. The molecule has 1 atom stereocenters. The Balaban J connectivity index is 2.11. The van der Waals surface area contributed by atoms with Crippen LogP contribution in [0.5, 0.6) is 5.75 Å². The maximum absolute atomic E-state index is 12.4. The molecule has 0 fully saturated rings. The van der Waals surface area contributed by atoms with Crippen LogP contribution < -0.4 is 9.64 Å². The van der Waals surface area contributed by atoms with E-state index in [4.69, 9.17) is 9.84 Å². The predicted octanol–water partition coefficient (Wildman–Crippen LogP) is 2.30. The van der Waals surface area contributed by atoms with E-state index < -0.39 is 5.97 Å². The summed E-state index contributed by atoms with van der Waals surface area (Å²) in [4.78, 5) is 24.8. The monoisotopic (exact) mass is 277 g/mol. The summed E-state index contributed by atoms with van der Waals surface area (Å²) in [6.07, 6.45) is 1.02. The van der Waals surface area contributed by atoms with Crippen LogP contribution in [0.2, 0.25) is 0 Å². The van der Waals surface area contributed by atoms with Crippen molar-refractivity contribution >= 4 is 17.6 Å². The van der Waals surface area contributed by atoms with E-state index in [1.54, 1.807) is 11.8 Å². The molecule has 20 heavy (non-hydrogen) atoms. The van der Waals surface area contributed by atoms with Crippen LogP contribution in [-0.2, 0) is 9.59 Å². The normalized spacial score (nSPS) is 15.8. The summed E-state index contributed by atoms with van der Waals surface area (Å²) in [6.45, 7) is 2.98. The Bertz CT molecular complexity index is 500. The van der Waals surface area contributed by atoms with Crippen molar-refractivity contribution in [2.45, 2.75) is 26.2 Å². The first-order valence-corrected chi connectivity index (χ1v) is 6.82. The van der Waals surface area contributed by atoms with Gasteiger partial charge in [0.1, 0.15) is 5.75 Å². The van der Waals surface area contributed by atoms with E-state index in [0.717, 1.165) is 12.1 Å². The zero-order valence-electron chi connectivity index (χ0n) is 11.5. The Kier molecular flexibility index (Phi) is 4.61. The number of carbonyl (C=O) groups excluding carboxylic acids is 1. The van der Waals surface area contributed by atoms with Gasteiger partial charge in [-0.2, -0.15) is 0 Å². The van der Waals surface area contributed by atoms with Crippen molar-refractivity contribution in [3.05, 3.63) is 24.3 Å². The highest BCUT2D eigenvalue weighted by Gasteiger charge is 2.23. The molecular formula is C15H19NO4. The number of para-hydroxylation sites is 2. The number of carbonyl (C=O) groups is 2. The number of hydrogen-bond acceptors (Lipinski definition) is 3. The van der Waals surface area contributed by atoms with Crippen LogP contribution in [-0.4, -0.2) is 30.1 Å². The molecule has 0 aromatic heterocycles. The van der Waals surface area contributed by atoms with Gasteiger partial charge >= 0.3 is 5.97 Å². The first-order chi connectivity index (χ1) is 9.58. The molecule has 0 saturated carbocycles. The first-order valence-electron chi connectivity index (χ1n) is 6.82. The van der Waals surface area contributed by atoms with Crippen LogP contribution in [0.3, 0.4) is 0 Å². The molecule has 2 rings (SSSR count). The Morgan fingerprint density at radius 3 is 2.85 bits per heavy atom. The number of anilines is 1. The third-order valence-corrected chi connectivity index (χ3v) is 3.29. The van der Waals surface area contributed by atoms with E-state index in [1.165, 1.54) is 0 Å². The molecule has 1 aromatic carbocycles. The zero-order valence-corrected chi connectivity index (χ0v) is 11.5. The lowest BCUT2D eigenvalue weighted by atomic mass is 10.0. The van der Waals surface area contributed by atoms with Crippen molar-refractivity contribution in [3.8, 4) is 5.75 Å². The third kappa shape index (κ3) is 3.50. The molecule has 1 aromatic rings. The molecule has 1 heterocycles. The Labute approximate surface area is 118 Å². The molecule has 0 saturated heterocycles. The van der Waals surface area contributed by atoms with E-state index in [0.29, 0.717) is 18.9 Å². The van der Waals surface area contributed by atoms with Gasteiger partial charge in [-0.3, -0.25) is 9.59 Å². The number of ether oxygens (including phenoxy) is 1. The van der Waals surface area contributed by atoms with Gasteiger partial charge in [0.2, 0.25) is 5.91 Å². The molecule has 5 heteroatoms. The number of carboxylic acid groups (broad SMARTS) is 1. The highest BCUT2D eigenvalue weighted by atomic mass is 16.5. The van der Waals surface area contributed by atoms with Crippen LogP contribution in [0.15, 0.2) is 24.3 Å². The number of aliphatic carboxylic acids is 1. The standard InChI is InChI=1S/C15H19NO4/c1-11(10-15(18)19)9-14(17)16-7-4-8-20-13-6-3-2-5-12(13)16/h2-3,5-6,11H,4,7-10H2,1H3,(H,18,19). The summed E-state index contributed by atoms with van der Waals surface area (Å²) in [5.74, 6) is -0.373. The van der Waals surface area contributed by atoms with E-state index in [2.05, 4.69) is 0 Å². The summed E-state index contributed by atoms with van der Waals surface area (Å²) in [7, 11) is 0. The van der Waals surface area contributed by atoms with Gasteiger partial charge in [-0.1, -0.05) is 19.1 Å². The first kappa shape index (κ1) is 14.4. The van der Waals surface area contributed by atoms with Gasteiger partial charge in [0, 0.05) is 19.4 Å². The quantitative estimate of drug-likeness (QED) is 0.917. The van der Waals surface area contributed by atoms with Gasteiger partial charge in [0.15, 0.2) is 0 Å². The number of rotatable bonds is 4. The summed E-state index contributed by atoms with van der Waals surface area (Å²) < 4.78 is 5.61. The van der Waals surface area contributed by atoms with Crippen molar-refractivity contribution in [2.24, 2.45) is 5.92 Å². The second kappa shape index (κ2) is 6.41. The van der Waals surface area contributed by atoms with Crippen LogP contribution >= 0.6 is 0 Å². The molecule has 1 unspecified atom stereocenters. The molecule has 5 nitrogen and oxygen atoms in total. The van der Waals surface area contributed by atoms with Crippen molar-refractivity contribution in [1.82, 2.24) is 0 Å². The second-order valence-corrected chi connectivity index (χ2v) is 5.12. The molecule has 108 valence electrons. The predicted molar refractivity (Wildman–Crippen MR) is 74.9 cm³/mol. The molecule has 0 radical (unpaired) electrons. The van der Waals surface area contributed by atoms with Gasteiger partial charge in [0.05, 0.1) is 12.3 Å². The lowest BCUT2D eigenvalue weighted by Crippen LogP contribution is -2.32. The zero-order chi connectivity index (χ0) is 14.5. The molecule has 0 bridgehead atoms. The second-order valence-electron chi connectivity index (χ2n) is 5.12. The van der Waals surface area contributed by atoms with Crippen molar-refractivity contribution < 1.29 is 19.4 Å². The summed E-state index contributed by atoms with van der Waals surface area (Å²) in [5.41, 5.74) is 0.775. The highest BCUT2D eigenvalue weighted by molar-refractivity contribution is 5.95. The average molecular weight is 277 g/mol. The molecule has 1 aliphatic rings. The maximum atomic E-state index is 12.4. The van der Waals surface area contributed by atoms with Gasteiger partial charge in [-0.25, -0.2) is 0 Å². The fourth-order valence-corrected chi connectivity index (χ4v) is 2.37. The number of carboxylic acids is 1. The Morgan fingerprint density at radius 1 is 1.35 bits per heavy atom. The average Bonchev–Trinajstić information content (AvgIpc) is 2.59. The molecule has 0 spiro atoms. The number of hydrogen-bond donors (Lipinski definition) is 1. The van der Waals surface area contributed by atoms with Gasteiger partial charge in [-0.05, 0) is 24.5 Å². The number of fused-ring (bicyclic) bond motifs is 1. The SMILES string of the molecule is CC(CC(=O)O)CC(=O)N1CCCOc2ccccc21. The topological polar surface area (TPSA) is 66.8 Å². The fraction of sp³-hybridized carbons (Fsp3) is 0.467. The lowest BCUT2D eigenvalue weighted by molar-refractivity contribution is -0.138. The number of nitrogens with zero attached hydrogens (tertiary/aromatic N) is 1. The van der Waals surface area contributed by atoms with Gasteiger partial charge in [-0.15, -0.1) is 0 Å². The molecule has 1 amide bonds. The van der Waals surface area contributed by atoms with Crippen molar-refractivity contribution in [1.29, 1.82) is 0 Å². The molecule has 1 N–H and O–H groups in total. The van der Waals surface area contributed by atoms with E-state index in [9.17, 15) is 9.59 Å². The van der Waals surface area contributed by atoms with Crippen LogP contribution in [0.4, 0.5) is 5.69 Å². The van der Waals surface area contributed by atoms with Gasteiger partial charge < -0.3 is 14.7 Å². The summed E-state index contributed by atoms with van der Waals surface area (Å²) in [6, 6.07) is 7.45. The van der Waals surface area contributed by atoms with Crippen LogP contribution in [0, 0.1) is 5.92 Å². The molecule has 0 aliphatic carbocycles. The summed E-state index contributed by atoms with van der Waals surface area (Å²) in [5, 5.41) is 8.76. The highest BCUT2D eigenvalue weighted by Crippen LogP contribution is 2.31. The number of benzene rings is 1. The Hall–Kier alpha value is -2.04. The summed E-state index contributed by atoms with van der Waals surface area (Å²) >= 11 is 0. The largest absolute Gasteiger partial charge is 0.491 e. The van der Waals surface area contributed by atoms with E-state index in [1.807, 2.05) is 24.3 Å². The van der Waals surface area contributed by atoms with Crippen LogP contribution in [0.25, 0.3) is 0 Å². The smallest absolute Gasteiger partial charge is 0.303 e. The fourth-order valence-electron chi connectivity index (χ4n) is 2.37. The van der Waals surface area contributed by atoms with Gasteiger partial charge in [0.25, 0.3) is 0 Å². The maximum Gasteiger partial charge on any atom is 0.303 e.